The van der Waals surface area contributed by atoms with Crippen molar-refractivity contribution in [1.82, 2.24) is 5.32 Å². The average molecular weight is 393 g/mol. The molecule has 136 valence electrons. The second kappa shape index (κ2) is 8.82. The monoisotopic (exact) mass is 392 g/mol. The fourth-order valence-corrected chi connectivity index (χ4v) is 3.20. The summed E-state index contributed by atoms with van der Waals surface area (Å²) in [7, 11) is 0. The molecule has 3 amide bonds. The Hall–Kier alpha value is -2.38. The van der Waals surface area contributed by atoms with Crippen molar-refractivity contribution < 1.29 is 19.1 Å². The van der Waals surface area contributed by atoms with E-state index in [4.69, 9.17) is 21.1 Å². The zero-order valence-electron chi connectivity index (χ0n) is 13.8. The van der Waals surface area contributed by atoms with Crippen molar-refractivity contribution in [1.29, 1.82) is 0 Å². The highest BCUT2D eigenvalue weighted by Crippen LogP contribution is 2.32. The summed E-state index contributed by atoms with van der Waals surface area (Å²) in [6.45, 7) is 0.967. The summed E-state index contributed by atoms with van der Waals surface area (Å²) in [5, 5.41) is 5.58. The number of rotatable bonds is 5. The van der Waals surface area contributed by atoms with Gasteiger partial charge in [-0.25, -0.2) is 4.79 Å². The molecule has 26 heavy (non-hydrogen) atoms. The Morgan fingerprint density at radius 1 is 1.04 bits per heavy atom. The molecule has 0 radical (unpaired) electrons. The number of amides is 3. The third kappa shape index (κ3) is 5.31. The zero-order valence-corrected chi connectivity index (χ0v) is 15.4. The predicted molar refractivity (Wildman–Crippen MR) is 102 cm³/mol. The summed E-state index contributed by atoms with van der Waals surface area (Å²) in [5.74, 6) is 1.68. The largest absolute Gasteiger partial charge is 0.486 e. The lowest BCUT2D eigenvalue weighted by Gasteiger charge is -2.19. The van der Waals surface area contributed by atoms with E-state index in [-0.39, 0.29) is 11.7 Å². The lowest BCUT2D eigenvalue weighted by atomic mass is 10.2. The first kappa shape index (κ1) is 18.4. The minimum Gasteiger partial charge on any atom is -0.486 e. The summed E-state index contributed by atoms with van der Waals surface area (Å²) >= 11 is 7.24. The smallest absolute Gasteiger partial charge is 0.325 e. The maximum Gasteiger partial charge on any atom is 0.325 e. The fourth-order valence-electron chi connectivity index (χ4n) is 2.29. The van der Waals surface area contributed by atoms with Gasteiger partial charge < -0.3 is 14.8 Å². The van der Waals surface area contributed by atoms with Crippen molar-refractivity contribution in [3.05, 3.63) is 53.1 Å². The molecule has 6 nitrogen and oxygen atoms in total. The third-order valence-electron chi connectivity index (χ3n) is 3.47. The number of anilines is 1. The third-order valence-corrected chi connectivity index (χ3v) is 4.72. The van der Waals surface area contributed by atoms with Crippen LogP contribution in [0.15, 0.2) is 42.5 Å². The van der Waals surface area contributed by atoms with Gasteiger partial charge in [-0.2, -0.15) is 0 Å². The first-order chi connectivity index (χ1) is 12.6. The second-order valence-corrected chi connectivity index (χ2v) is 6.90. The number of ether oxygens (including phenoxy) is 2. The van der Waals surface area contributed by atoms with Crippen LogP contribution in [0.5, 0.6) is 11.5 Å². The summed E-state index contributed by atoms with van der Waals surface area (Å²) in [4.78, 5) is 23.8. The van der Waals surface area contributed by atoms with Crippen molar-refractivity contribution in [2.45, 2.75) is 5.75 Å². The molecular formula is C18H17ClN2O4S. The van der Waals surface area contributed by atoms with Gasteiger partial charge in [0.15, 0.2) is 11.5 Å². The highest BCUT2D eigenvalue weighted by Gasteiger charge is 2.13. The number of carbonyl (C=O) groups is 2. The Morgan fingerprint density at radius 2 is 1.77 bits per heavy atom. The number of urea groups is 1. The number of hydrogen-bond donors (Lipinski definition) is 2. The maximum atomic E-state index is 11.9. The molecular weight excluding hydrogens is 376 g/mol. The Kier molecular flexibility index (Phi) is 6.25. The van der Waals surface area contributed by atoms with Crippen LogP contribution in [0.2, 0.25) is 5.02 Å². The van der Waals surface area contributed by atoms with E-state index in [2.05, 4.69) is 10.6 Å². The first-order valence-electron chi connectivity index (χ1n) is 7.93. The quantitative estimate of drug-likeness (QED) is 0.811. The number of halogens is 1. The molecule has 0 atom stereocenters. The van der Waals surface area contributed by atoms with E-state index in [0.29, 0.717) is 41.2 Å². The van der Waals surface area contributed by atoms with Gasteiger partial charge >= 0.3 is 6.03 Å². The maximum absolute atomic E-state index is 11.9. The van der Waals surface area contributed by atoms with Gasteiger partial charge in [0.25, 0.3) is 0 Å². The highest BCUT2D eigenvalue weighted by molar-refractivity contribution is 7.99. The topological polar surface area (TPSA) is 76.7 Å². The number of fused-ring (bicyclic) bond motifs is 1. The molecule has 1 aliphatic rings. The lowest BCUT2D eigenvalue weighted by molar-refractivity contribution is -0.117. The fraction of sp³-hybridized carbons (Fsp3) is 0.222. The molecule has 2 N–H and O–H groups in total. The number of carbonyl (C=O) groups excluding carboxylic acids is 2. The SMILES string of the molecule is O=C(CSCc1ccc(Cl)cc1)NC(=O)Nc1ccc2c(c1)OCCO2. The lowest BCUT2D eigenvalue weighted by Crippen LogP contribution is -2.35. The minimum atomic E-state index is -0.584. The van der Waals surface area contributed by atoms with E-state index in [1.807, 2.05) is 12.1 Å². The van der Waals surface area contributed by atoms with Gasteiger partial charge in [-0.05, 0) is 29.8 Å². The molecule has 0 unspecified atom stereocenters. The van der Waals surface area contributed by atoms with Crippen LogP contribution in [0.3, 0.4) is 0 Å². The molecule has 0 aromatic heterocycles. The van der Waals surface area contributed by atoms with Crippen LogP contribution in [0.4, 0.5) is 10.5 Å². The number of nitrogens with one attached hydrogen (secondary N) is 2. The second-order valence-electron chi connectivity index (χ2n) is 5.48. The van der Waals surface area contributed by atoms with Crippen LogP contribution in [0.1, 0.15) is 5.56 Å². The van der Waals surface area contributed by atoms with Crippen LogP contribution < -0.4 is 20.1 Å². The molecule has 1 heterocycles. The van der Waals surface area contributed by atoms with Gasteiger partial charge in [-0.1, -0.05) is 23.7 Å². The first-order valence-corrected chi connectivity index (χ1v) is 9.46. The normalized spacial score (nSPS) is 12.3. The number of thioether (sulfide) groups is 1. The highest BCUT2D eigenvalue weighted by atomic mass is 35.5. The molecule has 2 aromatic rings. The molecule has 0 saturated heterocycles. The molecule has 2 aromatic carbocycles. The Balaban J connectivity index is 1.42. The Morgan fingerprint density at radius 3 is 2.54 bits per heavy atom. The van der Waals surface area contributed by atoms with E-state index in [1.54, 1.807) is 30.3 Å². The van der Waals surface area contributed by atoms with Crippen LogP contribution in [0.25, 0.3) is 0 Å². The van der Waals surface area contributed by atoms with Crippen LogP contribution in [0, 0.1) is 0 Å². The van der Waals surface area contributed by atoms with E-state index in [0.717, 1.165) is 5.56 Å². The van der Waals surface area contributed by atoms with Gasteiger partial charge in [-0.15, -0.1) is 11.8 Å². The van der Waals surface area contributed by atoms with E-state index in [9.17, 15) is 9.59 Å². The van der Waals surface area contributed by atoms with Gasteiger partial charge in [0.2, 0.25) is 5.91 Å². The van der Waals surface area contributed by atoms with E-state index < -0.39 is 6.03 Å². The summed E-state index contributed by atoms with van der Waals surface area (Å²) in [6.07, 6.45) is 0. The van der Waals surface area contributed by atoms with Crippen molar-refractivity contribution in [3.63, 3.8) is 0 Å². The van der Waals surface area contributed by atoms with Gasteiger partial charge in [0, 0.05) is 22.5 Å². The van der Waals surface area contributed by atoms with Crippen molar-refractivity contribution in [3.8, 4) is 11.5 Å². The van der Waals surface area contributed by atoms with Gasteiger partial charge in [0.05, 0.1) is 5.75 Å². The van der Waals surface area contributed by atoms with E-state index >= 15 is 0 Å². The molecule has 0 saturated carbocycles. The molecule has 0 aliphatic carbocycles. The molecule has 8 heteroatoms. The Bertz CT molecular complexity index is 798. The number of hydrogen-bond acceptors (Lipinski definition) is 5. The number of imide groups is 1. The molecule has 3 rings (SSSR count). The average Bonchev–Trinajstić information content (AvgIpc) is 2.63. The predicted octanol–water partition coefficient (Wildman–Crippen LogP) is 3.69. The van der Waals surface area contributed by atoms with Crippen LogP contribution in [-0.2, 0) is 10.5 Å². The molecule has 0 fully saturated rings. The van der Waals surface area contributed by atoms with E-state index in [1.165, 1.54) is 11.8 Å². The summed E-state index contributed by atoms with van der Waals surface area (Å²) in [5.41, 5.74) is 1.58. The standard InChI is InChI=1S/C18H17ClN2O4S/c19-13-3-1-12(2-4-13)10-26-11-17(22)21-18(23)20-14-5-6-15-16(9-14)25-8-7-24-15/h1-6,9H,7-8,10-11H2,(H2,20,21,22,23). The molecule has 1 aliphatic heterocycles. The van der Waals surface area contributed by atoms with Crippen molar-refractivity contribution >= 4 is 41.0 Å². The van der Waals surface area contributed by atoms with Crippen LogP contribution in [-0.4, -0.2) is 30.9 Å². The summed E-state index contributed by atoms with van der Waals surface area (Å²) < 4.78 is 10.9. The zero-order chi connectivity index (χ0) is 18.4. The summed E-state index contributed by atoms with van der Waals surface area (Å²) in [6, 6.07) is 11.9. The number of benzene rings is 2. The minimum absolute atomic E-state index is 0.178. The van der Waals surface area contributed by atoms with Gasteiger partial charge in [-0.3, -0.25) is 10.1 Å². The van der Waals surface area contributed by atoms with Gasteiger partial charge in [0.1, 0.15) is 13.2 Å². The van der Waals surface area contributed by atoms with Crippen molar-refractivity contribution in [2.75, 3.05) is 24.3 Å². The molecule has 0 spiro atoms. The van der Waals surface area contributed by atoms with Crippen molar-refractivity contribution in [2.24, 2.45) is 0 Å². The molecule has 0 bridgehead atoms. The Labute approximate surface area is 160 Å². The van der Waals surface area contributed by atoms with Crippen LogP contribution >= 0.6 is 23.4 Å².